The first kappa shape index (κ1) is 31.6. The number of amides is 1. The minimum Gasteiger partial charge on any atom is -0.388 e. The van der Waals surface area contributed by atoms with Gasteiger partial charge < -0.3 is 61.5 Å². The lowest BCUT2D eigenvalue weighted by atomic mass is 9.79. The van der Waals surface area contributed by atoms with E-state index in [2.05, 4.69) is 10.6 Å². The van der Waals surface area contributed by atoms with E-state index in [0.717, 1.165) is 19.3 Å². The lowest BCUT2D eigenvalue weighted by molar-refractivity contribution is -0.311. The molecule has 2 aliphatic heterocycles. The Morgan fingerprint density at radius 2 is 1.87 bits per heavy atom. The summed E-state index contributed by atoms with van der Waals surface area (Å²) < 4.78 is 24.1. The van der Waals surface area contributed by atoms with Crippen molar-refractivity contribution in [1.29, 1.82) is 0 Å². The molecule has 0 aromatic heterocycles. The highest BCUT2D eigenvalue weighted by molar-refractivity contribution is 5.80. The quantitative estimate of drug-likeness (QED) is 0.144. The fourth-order valence-electron chi connectivity index (χ4n) is 5.71. The standard InChI is InChI=1S/C25H48N4O9/c1-5-13-6-7-14(27)23(36-13)37-19-12(2)10-15(29-22(33)16(30)8-9-26)20(17(19)31)38-24-18(32)21(28-4)25(3,34)11-35-24/h12-21,23-24,28,30-32,34H,5-11,26-27H2,1-4H3,(H,29,33)/t12-,13+,14?,15+,16-,17?,18?,19?,20?,21+,23+,24+,25?/m0/s1. The zero-order valence-corrected chi connectivity index (χ0v) is 22.9. The molecule has 0 radical (unpaired) electrons. The van der Waals surface area contributed by atoms with E-state index in [-0.39, 0.29) is 37.6 Å². The summed E-state index contributed by atoms with van der Waals surface area (Å²) in [6, 6.07) is -1.87. The van der Waals surface area contributed by atoms with E-state index >= 15 is 0 Å². The van der Waals surface area contributed by atoms with Crippen molar-refractivity contribution in [1.82, 2.24) is 10.6 Å². The Hall–Kier alpha value is -0.970. The summed E-state index contributed by atoms with van der Waals surface area (Å²) in [6.45, 7) is 5.44. The second kappa shape index (κ2) is 13.6. The van der Waals surface area contributed by atoms with Gasteiger partial charge in [0.05, 0.1) is 36.9 Å². The topological polar surface area (TPSA) is 211 Å². The number of carbonyl (C=O) groups excluding carboxylic acids is 1. The first-order valence-electron chi connectivity index (χ1n) is 13.7. The van der Waals surface area contributed by atoms with Crippen LogP contribution in [0, 0.1) is 5.92 Å². The van der Waals surface area contributed by atoms with Gasteiger partial charge in [0.15, 0.2) is 12.6 Å². The lowest BCUT2D eigenvalue weighted by Gasteiger charge is -2.49. The monoisotopic (exact) mass is 548 g/mol. The van der Waals surface area contributed by atoms with Gasteiger partial charge in [0.1, 0.15) is 30.0 Å². The average Bonchev–Trinajstić information content (AvgIpc) is 2.86. The second-order valence-corrected chi connectivity index (χ2v) is 11.2. The fourth-order valence-corrected chi connectivity index (χ4v) is 5.71. The largest absolute Gasteiger partial charge is 0.388 e. The summed E-state index contributed by atoms with van der Waals surface area (Å²) in [6.07, 6.45) is -4.83. The highest BCUT2D eigenvalue weighted by Crippen LogP contribution is 2.35. The average molecular weight is 549 g/mol. The number of hydrogen-bond donors (Lipinski definition) is 8. The summed E-state index contributed by atoms with van der Waals surface area (Å²) >= 11 is 0. The van der Waals surface area contributed by atoms with Crippen LogP contribution in [0.3, 0.4) is 0 Å². The van der Waals surface area contributed by atoms with Gasteiger partial charge in [-0.3, -0.25) is 4.79 Å². The van der Waals surface area contributed by atoms with Crippen molar-refractivity contribution in [3.63, 3.8) is 0 Å². The SMILES string of the molecule is CC[C@@H]1CCC(N)[C@@H](OC2C(O)C(O[C@H]3OCC(C)(O)[C@H](NC)C3O)[C@H](NC(=O)[C@@H](O)CCN)C[C@@H]2C)O1. The minimum atomic E-state index is -1.36. The van der Waals surface area contributed by atoms with Crippen LogP contribution in [-0.4, -0.2) is 119 Å². The van der Waals surface area contributed by atoms with Crippen LogP contribution >= 0.6 is 0 Å². The van der Waals surface area contributed by atoms with Crippen molar-refractivity contribution in [2.45, 2.75) is 126 Å². The molecule has 0 spiro atoms. The molecule has 13 heteroatoms. The normalized spacial score (nSPS) is 44.9. The highest BCUT2D eigenvalue weighted by atomic mass is 16.7. The molecule has 1 aliphatic carbocycles. The Bertz CT molecular complexity index is 762. The molecule has 222 valence electrons. The molecule has 13 nitrogen and oxygen atoms in total. The maximum Gasteiger partial charge on any atom is 0.249 e. The summed E-state index contributed by atoms with van der Waals surface area (Å²) in [7, 11) is 1.60. The van der Waals surface area contributed by atoms with Gasteiger partial charge >= 0.3 is 0 Å². The molecule has 1 saturated carbocycles. The first-order valence-corrected chi connectivity index (χ1v) is 13.7. The van der Waals surface area contributed by atoms with Crippen molar-refractivity contribution >= 4 is 5.91 Å². The Balaban J connectivity index is 1.81. The molecular formula is C25H48N4O9. The predicted molar refractivity (Wildman–Crippen MR) is 137 cm³/mol. The lowest BCUT2D eigenvalue weighted by Crippen LogP contribution is -2.68. The second-order valence-electron chi connectivity index (χ2n) is 11.2. The van der Waals surface area contributed by atoms with Gasteiger partial charge in [-0.05, 0) is 58.5 Å². The van der Waals surface area contributed by atoms with E-state index in [1.807, 2.05) is 13.8 Å². The third kappa shape index (κ3) is 7.21. The molecule has 3 fully saturated rings. The van der Waals surface area contributed by atoms with E-state index in [9.17, 15) is 25.2 Å². The van der Waals surface area contributed by atoms with E-state index in [1.165, 1.54) is 6.92 Å². The third-order valence-electron chi connectivity index (χ3n) is 8.00. The molecule has 0 aromatic carbocycles. The molecule has 2 saturated heterocycles. The number of nitrogens with two attached hydrogens (primary N) is 2. The highest BCUT2D eigenvalue weighted by Gasteiger charge is 2.51. The number of nitrogens with one attached hydrogen (secondary N) is 2. The number of aliphatic hydroxyl groups excluding tert-OH is 3. The first-order chi connectivity index (χ1) is 17.9. The van der Waals surface area contributed by atoms with Crippen molar-refractivity contribution in [3.8, 4) is 0 Å². The van der Waals surface area contributed by atoms with Crippen LogP contribution in [0.2, 0.25) is 0 Å². The molecule has 0 bridgehead atoms. The Labute approximate surface area is 224 Å². The number of hydrogen-bond acceptors (Lipinski definition) is 12. The Morgan fingerprint density at radius 1 is 1.18 bits per heavy atom. The van der Waals surface area contributed by atoms with Gasteiger partial charge in [-0.1, -0.05) is 13.8 Å². The van der Waals surface area contributed by atoms with Gasteiger partial charge in [-0.15, -0.1) is 0 Å². The molecule has 6 unspecified atom stereocenters. The maximum atomic E-state index is 12.7. The van der Waals surface area contributed by atoms with Crippen molar-refractivity contribution in [2.75, 3.05) is 20.2 Å². The van der Waals surface area contributed by atoms with E-state index in [0.29, 0.717) is 6.42 Å². The number of rotatable bonds is 10. The van der Waals surface area contributed by atoms with Gasteiger partial charge in [-0.25, -0.2) is 0 Å². The zero-order chi connectivity index (χ0) is 28.2. The van der Waals surface area contributed by atoms with Crippen LogP contribution in [0.5, 0.6) is 0 Å². The number of carbonyl (C=O) groups is 1. The van der Waals surface area contributed by atoms with Gasteiger partial charge in [0.25, 0.3) is 0 Å². The molecule has 0 aromatic rings. The zero-order valence-electron chi connectivity index (χ0n) is 22.9. The van der Waals surface area contributed by atoms with Crippen molar-refractivity contribution in [3.05, 3.63) is 0 Å². The van der Waals surface area contributed by atoms with Crippen molar-refractivity contribution in [2.24, 2.45) is 17.4 Å². The Kier molecular flexibility index (Phi) is 11.3. The molecule has 3 aliphatic rings. The Morgan fingerprint density at radius 3 is 2.50 bits per heavy atom. The van der Waals surface area contributed by atoms with Crippen LogP contribution in [-0.2, 0) is 23.7 Å². The maximum absolute atomic E-state index is 12.7. The predicted octanol–water partition coefficient (Wildman–Crippen LogP) is -2.35. The van der Waals surface area contributed by atoms with Crippen LogP contribution in [0.15, 0.2) is 0 Å². The number of ether oxygens (including phenoxy) is 4. The van der Waals surface area contributed by atoms with Crippen LogP contribution in [0.25, 0.3) is 0 Å². The molecule has 1 amide bonds. The van der Waals surface area contributed by atoms with E-state index in [1.54, 1.807) is 7.05 Å². The molecular weight excluding hydrogens is 500 g/mol. The molecule has 3 rings (SSSR count). The van der Waals surface area contributed by atoms with Gasteiger partial charge in [0.2, 0.25) is 5.91 Å². The van der Waals surface area contributed by atoms with E-state index < -0.39 is 66.7 Å². The molecule has 10 N–H and O–H groups in total. The van der Waals surface area contributed by atoms with Gasteiger partial charge in [0, 0.05) is 0 Å². The summed E-state index contributed by atoms with van der Waals surface area (Å²) in [4.78, 5) is 12.7. The smallest absolute Gasteiger partial charge is 0.249 e. The molecule has 38 heavy (non-hydrogen) atoms. The molecule has 13 atom stereocenters. The number of aliphatic hydroxyl groups is 4. The van der Waals surface area contributed by atoms with Crippen molar-refractivity contribution < 1.29 is 44.2 Å². The summed E-state index contributed by atoms with van der Waals surface area (Å²) in [5, 5.41) is 48.8. The minimum absolute atomic E-state index is 0.0102. The summed E-state index contributed by atoms with van der Waals surface area (Å²) in [5.41, 5.74) is 10.4. The fraction of sp³-hybridized carbons (Fsp3) is 0.960. The van der Waals surface area contributed by atoms with Crippen LogP contribution in [0.4, 0.5) is 0 Å². The van der Waals surface area contributed by atoms with Gasteiger partial charge in [-0.2, -0.15) is 0 Å². The summed E-state index contributed by atoms with van der Waals surface area (Å²) in [5.74, 6) is -0.889. The van der Waals surface area contributed by atoms with E-state index in [4.69, 9.17) is 30.4 Å². The molecule has 2 heterocycles. The van der Waals surface area contributed by atoms with Crippen LogP contribution < -0.4 is 22.1 Å². The third-order valence-corrected chi connectivity index (χ3v) is 8.00. The number of likely N-dealkylation sites (N-methyl/N-ethyl adjacent to an activating group) is 1. The van der Waals surface area contributed by atoms with Crippen LogP contribution in [0.1, 0.15) is 52.9 Å².